The second-order valence-corrected chi connectivity index (χ2v) is 12.4. The first-order valence-corrected chi connectivity index (χ1v) is 13.4. The van der Waals surface area contributed by atoms with E-state index < -0.39 is 29.1 Å². The van der Waals surface area contributed by atoms with Crippen molar-refractivity contribution in [2.75, 3.05) is 5.32 Å². The number of carbonyl (C=O) groups excluding carboxylic acids is 3. The van der Waals surface area contributed by atoms with Crippen LogP contribution in [0.5, 0.6) is 0 Å². The molecule has 8 heteroatoms. The summed E-state index contributed by atoms with van der Waals surface area (Å²) in [5, 5.41) is 2.69. The van der Waals surface area contributed by atoms with Crippen LogP contribution in [0, 0.1) is 0 Å². The van der Waals surface area contributed by atoms with Crippen molar-refractivity contribution in [2.24, 2.45) is 0 Å². The van der Waals surface area contributed by atoms with Gasteiger partial charge in [0.05, 0.1) is 6.04 Å². The molecule has 2 atom stereocenters. The monoisotopic (exact) mass is 538 g/mol. The summed E-state index contributed by atoms with van der Waals surface area (Å²) in [7, 11) is 0. The number of anilines is 1. The van der Waals surface area contributed by atoms with Crippen molar-refractivity contribution in [1.29, 1.82) is 0 Å². The summed E-state index contributed by atoms with van der Waals surface area (Å²) < 4.78 is 17.4. The Bertz CT molecular complexity index is 1150. The first-order valence-electron chi connectivity index (χ1n) is 13.4. The Morgan fingerprint density at radius 1 is 0.897 bits per heavy atom. The molecule has 212 valence electrons. The minimum Gasteiger partial charge on any atom is -0.444 e. The molecule has 1 saturated heterocycles. The predicted molar refractivity (Wildman–Crippen MR) is 150 cm³/mol. The normalized spacial score (nSPS) is 18.9. The summed E-state index contributed by atoms with van der Waals surface area (Å²) in [4.78, 5) is 39.9. The molecule has 0 radical (unpaired) electrons. The smallest absolute Gasteiger partial charge is 0.412 e. The van der Waals surface area contributed by atoms with E-state index in [0.29, 0.717) is 12.1 Å². The third kappa shape index (κ3) is 8.82. The number of Topliss-reactive ketones (excluding diaryl/α,β-unsaturated/α-hetero) is 1. The molecule has 1 unspecified atom stereocenters. The minimum atomic E-state index is -0.909. The average Bonchev–Trinajstić information content (AvgIpc) is 3.07. The van der Waals surface area contributed by atoms with Gasteiger partial charge in [-0.1, -0.05) is 42.5 Å². The molecule has 2 aromatic rings. The molecule has 1 aliphatic rings. The van der Waals surface area contributed by atoms with E-state index in [0.717, 1.165) is 11.1 Å². The second kappa shape index (κ2) is 11.8. The van der Waals surface area contributed by atoms with Gasteiger partial charge in [-0.2, -0.15) is 0 Å². The van der Waals surface area contributed by atoms with Crippen molar-refractivity contribution in [3.05, 3.63) is 65.7 Å². The molecule has 1 fully saturated rings. The topological polar surface area (TPSA) is 94.2 Å². The third-order valence-electron chi connectivity index (χ3n) is 6.11. The lowest BCUT2D eigenvalue weighted by molar-refractivity contribution is -0.118. The molecule has 0 saturated carbocycles. The SMILES string of the molecule is CC(C)(C)OC(=O)Nc1ccc(CC(=O)CC[C@@H]2C(c3ccccc3)OC(C)(C)N2C(=O)OC(C)(C)C)cc1. The highest BCUT2D eigenvalue weighted by Gasteiger charge is 2.51. The van der Waals surface area contributed by atoms with E-state index in [-0.39, 0.29) is 30.8 Å². The zero-order chi connectivity index (χ0) is 29.0. The van der Waals surface area contributed by atoms with Crippen LogP contribution < -0.4 is 5.32 Å². The fourth-order valence-corrected chi connectivity index (χ4v) is 4.61. The molecule has 1 heterocycles. The van der Waals surface area contributed by atoms with Crippen molar-refractivity contribution < 1.29 is 28.6 Å². The van der Waals surface area contributed by atoms with Gasteiger partial charge in [-0.25, -0.2) is 9.59 Å². The average molecular weight is 539 g/mol. The van der Waals surface area contributed by atoms with Crippen molar-refractivity contribution >= 4 is 23.7 Å². The van der Waals surface area contributed by atoms with Crippen LogP contribution in [0.25, 0.3) is 0 Å². The molecule has 0 aromatic heterocycles. The molecule has 3 rings (SSSR count). The molecule has 0 aliphatic carbocycles. The van der Waals surface area contributed by atoms with Gasteiger partial charge in [0, 0.05) is 18.5 Å². The molecule has 39 heavy (non-hydrogen) atoms. The number of benzene rings is 2. The molecule has 1 N–H and O–H groups in total. The maximum absolute atomic E-state index is 13.3. The Balaban J connectivity index is 1.69. The van der Waals surface area contributed by atoms with E-state index in [1.165, 1.54) is 0 Å². The highest BCUT2D eigenvalue weighted by molar-refractivity contribution is 5.85. The standard InChI is InChI=1S/C31H42N2O6/c1-29(2,3)38-27(35)32-23-16-14-21(15-17-23)20-24(34)18-19-25-26(22-12-10-9-11-13-22)37-31(7,8)33(25)28(36)39-30(4,5)6/h9-17,25-26H,18-20H2,1-8H3,(H,32,35)/t25-,26?/m1/s1. The Hall–Kier alpha value is -3.39. The van der Waals surface area contributed by atoms with Crippen LogP contribution in [-0.4, -0.2) is 45.8 Å². The van der Waals surface area contributed by atoms with Gasteiger partial charge < -0.3 is 14.2 Å². The second-order valence-electron chi connectivity index (χ2n) is 12.4. The Morgan fingerprint density at radius 2 is 1.49 bits per heavy atom. The molecule has 0 spiro atoms. The van der Waals surface area contributed by atoms with Gasteiger partial charge >= 0.3 is 12.2 Å². The van der Waals surface area contributed by atoms with Gasteiger partial charge in [-0.3, -0.25) is 15.0 Å². The highest BCUT2D eigenvalue weighted by Crippen LogP contribution is 2.43. The highest BCUT2D eigenvalue weighted by atomic mass is 16.6. The summed E-state index contributed by atoms with van der Waals surface area (Å²) in [5.41, 5.74) is 0.207. The lowest BCUT2D eigenvalue weighted by Crippen LogP contribution is -2.50. The number of ether oxygens (including phenoxy) is 3. The first kappa shape index (κ1) is 30.2. The van der Waals surface area contributed by atoms with Crippen molar-refractivity contribution in [2.45, 2.75) is 104 Å². The summed E-state index contributed by atoms with van der Waals surface area (Å²) >= 11 is 0. The Kier molecular flexibility index (Phi) is 9.11. The van der Waals surface area contributed by atoms with Gasteiger partial charge in [-0.15, -0.1) is 0 Å². The van der Waals surface area contributed by atoms with Crippen LogP contribution in [0.3, 0.4) is 0 Å². The number of nitrogens with zero attached hydrogens (tertiary/aromatic N) is 1. The first-order chi connectivity index (χ1) is 18.0. The van der Waals surface area contributed by atoms with Crippen molar-refractivity contribution in [3.63, 3.8) is 0 Å². The number of amides is 2. The largest absolute Gasteiger partial charge is 0.444 e. The van der Waals surface area contributed by atoms with E-state index in [9.17, 15) is 14.4 Å². The van der Waals surface area contributed by atoms with Gasteiger partial charge in [0.25, 0.3) is 0 Å². The third-order valence-corrected chi connectivity index (χ3v) is 6.11. The molecule has 0 bridgehead atoms. The quantitative estimate of drug-likeness (QED) is 0.406. The Labute approximate surface area is 232 Å². The van der Waals surface area contributed by atoms with Crippen LogP contribution in [0.4, 0.5) is 15.3 Å². The summed E-state index contributed by atoms with van der Waals surface area (Å²) in [6, 6.07) is 16.5. The van der Waals surface area contributed by atoms with Crippen LogP contribution in [0.1, 0.15) is 85.5 Å². The molecular weight excluding hydrogens is 496 g/mol. The van der Waals surface area contributed by atoms with Crippen molar-refractivity contribution in [1.82, 2.24) is 4.90 Å². The molecule has 1 aliphatic heterocycles. The molecule has 2 amide bonds. The molecule has 2 aromatic carbocycles. The predicted octanol–water partition coefficient (Wildman–Crippen LogP) is 7.04. The van der Waals surface area contributed by atoms with Gasteiger partial charge in [-0.05, 0) is 85.1 Å². The lowest BCUT2D eigenvalue weighted by Gasteiger charge is -2.35. The Morgan fingerprint density at radius 3 is 2.05 bits per heavy atom. The number of nitrogens with one attached hydrogen (secondary N) is 1. The van der Waals surface area contributed by atoms with Crippen LogP contribution in [0.15, 0.2) is 54.6 Å². The number of carbonyl (C=O) groups is 3. The fraction of sp³-hybridized carbons (Fsp3) is 0.516. The minimum absolute atomic E-state index is 0.0449. The van der Waals surface area contributed by atoms with Gasteiger partial charge in [0.15, 0.2) is 0 Å². The summed E-state index contributed by atoms with van der Waals surface area (Å²) in [6.07, 6.45) is -0.442. The molecule has 8 nitrogen and oxygen atoms in total. The van der Waals surface area contributed by atoms with Crippen molar-refractivity contribution in [3.8, 4) is 0 Å². The van der Waals surface area contributed by atoms with E-state index in [4.69, 9.17) is 14.2 Å². The summed E-state index contributed by atoms with van der Waals surface area (Å²) in [5.74, 6) is 0.0449. The number of rotatable bonds is 7. The van der Waals surface area contributed by atoms with Gasteiger partial charge in [0.1, 0.15) is 28.8 Å². The zero-order valence-corrected chi connectivity index (χ0v) is 24.4. The number of ketones is 1. The van der Waals surface area contributed by atoms with Crippen LogP contribution in [-0.2, 0) is 25.4 Å². The molecular formula is C31H42N2O6. The van der Waals surface area contributed by atoms with Crippen LogP contribution >= 0.6 is 0 Å². The van der Waals surface area contributed by atoms with Crippen LogP contribution in [0.2, 0.25) is 0 Å². The summed E-state index contributed by atoms with van der Waals surface area (Å²) in [6.45, 7) is 14.6. The maximum Gasteiger partial charge on any atom is 0.412 e. The van der Waals surface area contributed by atoms with Gasteiger partial charge in [0.2, 0.25) is 0 Å². The van der Waals surface area contributed by atoms with E-state index in [1.807, 2.05) is 77.1 Å². The number of hydrogen-bond acceptors (Lipinski definition) is 6. The zero-order valence-electron chi connectivity index (χ0n) is 24.4. The van der Waals surface area contributed by atoms with E-state index in [1.54, 1.807) is 37.8 Å². The van der Waals surface area contributed by atoms with E-state index >= 15 is 0 Å². The maximum atomic E-state index is 13.3. The fourth-order valence-electron chi connectivity index (χ4n) is 4.61. The lowest BCUT2D eigenvalue weighted by atomic mass is 9.95. The number of hydrogen-bond donors (Lipinski definition) is 1. The van der Waals surface area contributed by atoms with E-state index in [2.05, 4.69) is 5.32 Å².